The smallest absolute Gasteiger partial charge is 0.293 e. The van der Waals surface area contributed by atoms with Crippen molar-refractivity contribution in [3.8, 4) is 0 Å². The number of para-hydroxylation sites is 1. The molecular weight excluding hydrogens is 340 g/mol. The van der Waals surface area contributed by atoms with E-state index in [1.165, 1.54) is 18.3 Å². The van der Waals surface area contributed by atoms with Gasteiger partial charge in [0.25, 0.3) is 5.91 Å². The normalized spacial score (nSPS) is 11.2. The van der Waals surface area contributed by atoms with Gasteiger partial charge in [-0.15, -0.1) is 0 Å². The maximum atomic E-state index is 14.1. The molecule has 0 saturated heterocycles. The molecule has 2 heterocycles. The minimum absolute atomic E-state index is 0.0656. The molecule has 0 unspecified atom stereocenters. The highest BCUT2D eigenvalue weighted by atomic mass is 19.1. The summed E-state index contributed by atoms with van der Waals surface area (Å²) >= 11 is 0. The third kappa shape index (κ3) is 2.58. The number of halogens is 2. The average molecular weight is 353 g/mol. The van der Waals surface area contributed by atoms with Gasteiger partial charge in [0.15, 0.2) is 0 Å². The molecule has 0 aliphatic heterocycles. The molecule has 2 aromatic heterocycles. The fraction of sp³-hybridized carbons (Fsp3) is 0.0526. The number of hydrogen-bond acceptors (Lipinski definition) is 3. The molecule has 26 heavy (non-hydrogen) atoms. The zero-order valence-corrected chi connectivity index (χ0v) is 13.4. The molecule has 0 radical (unpaired) electrons. The molecule has 2 aromatic carbocycles. The highest BCUT2D eigenvalue weighted by molar-refractivity contribution is 6.09. The molecule has 0 saturated carbocycles. The zero-order valence-electron chi connectivity index (χ0n) is 13.4. The fourth-order valence-corrected chi connectivity index (χ4v) is 3.12. The lowest BCUT2D eigenvalue weighted by Gasteiger charge is -2.09. The largest absolute Gasteiger partial charge is 0.335 e. The molecule has 130 valence electrons. The van der Waals surface area contributed by atoms with E-state index in [9.17, 15) is 13.6 Å². The monoisotopic (exact) mass is 353 g/mol. The van der Waals surface area contributed by atoms with Crippen LogP contribution in [0, 0.1) is 11.6 Å². The van der Waals surface area contributed by atoms with Crippen molar-refractivity contribution in [3.05, 3.63) is 77.6 Å². The summed E-state index contributed by atoms with van der Waals surface area (Å²) in [5, 5.41) is 10.4. The number of hydroxylamine groups is 1. The minimum atomic E-state index is -0.715. The summed E-state index contributed by atoms with van der Waals surface area (Å²) in [4.78, 5) is 15.7. The van der Waals surface area contributed by atoms with E-state index in [0.717, 1.165) is 22.4 Å². The van der Waals surface area contributed by atoms with Gasteiger partial charge in [0.05, 0.1) is 18.3 Å². The van der Waals surface area contributed by atoms with Gasteiger partial charge in [-0.3, -0.25) is 10.0 Å². The lowest BCUT2D eigenvalue weighted by atomic mass is 10.1. The second-order valence-corrected chi connectivity index (χ2v) is 5.87. The van der Waals surface area contributed by atoms with Crippen molar-refractivity contribution in [2.45, 2.75) is 6.54 Å². The Balaban J connectivity index is 1.94. The quantitative estimate of drug-likeness (QED) is 0.437. The maximum absolute atomic E-state index is 14.1. The van der Waals surface area contributed by atoms with E-state index < -0.39 is 17.5 Å². The molecule has 2 N–H and O–H groups in total. The third-order valence-electron chi connectivity index (χ3n) is 4.34. The molecule has 0 bridgehead atoms. The van der Waals surface area contributed by atoms with Gasteiger partial charge >= 0.3 is 0 Å². The zero-order chi connectivity index (χ0) is 18.3. The number of carbonyl (C=O) groups excluding carboxylic acids is 1. The Labute approximate surface area is 146 Å². The molecule has 1 amide bonds. The standard InChI is InChI=1S/C19H13F2N3O2/c20-12-6-5-11(15(21)7-12)10-24-17-4-2-1-3-13(17)14-8-16(19(25)23-26)22-9-18(14)24/h1-9,26H,10H2,(H,23,25). The van der Waals surface area contributed by atoms with Crippen LogP contribution in [0.5, 0.6) is 0 Å². The maximum Gasteiger partial charge on any atom is 0.293 e. The summed E-state index contributed by atoms with van der Waals surface area (Å²) in [6.45, 7) is 0.184. The van der Waals surface area contributed by atoms with E-state index in [-0.39, 0.29) is 12.2 Å². The number of hydrogen-bond donors (Lipinski definition) is 2. The van der Waals surface area contributed by atoms with Crippen molar-refractivity contribution in [3.63, 3.8) is 0 Å². The number of amides is 1. The van der Waals surface area contributed by atoms with Crippen LogP contribution >= 0.6 is 0 Å². The van der Waals surface area contributed by atoms with E-state index in [1.807, 2.05) is 28.8 Å². The Bertz CT molecular complexity index is 1150. The van der Waals surface area contributed by atoms with Crippen molar-refractivity contribution in [1.82, 2.24) is 15.0 Å². The van der Waals surface area contributed by atoms with E-state index in [2.05, 4.69) is 4.98 Å². The first kappa shape index (κ1) is 16.2. The van der Waals surface area contributed by atoms with E-state index >= 15 is 0 Å². The second-order valence-electron chi connectivity index (χ2n) is 5.87. The third-order valence-corrected chi connectivity index (χ3v) is 4.34. The van der Waals surface area contributed by atoms with E-state index in [1.54, 1.807) is 11.5 Å². The van der Waals surface area contributed by atoms with Gasteiger partial charge in [0, 0.05) is 27.9 Å². The minimum Gasteiger partial charge on any atom is -0.335 e. The predicted octanol–water partition coefficient (Wildman–Crippen LogP) is 3.64. The summed E-state index contributed by atoms with van der Waals surface area (Å²) < 4.78 is 29.1. The van der Waals surface area contributed by atoms with Crippen LogP contribution in [0.4, 0.5) is 8.78 Å². The van der Waals surface area contributed by atoms with Crippen molar-refractivity contribution in [1.29, 1.82) is 0 Å². The van der Waals surface area contributed by atoms with E-state index in [4.69, 9.17) is 5.21 Å². The van der Waals surface area contributed by atoms with Crippen LogP contribution in [-0.2, 0) is 6.54 Å². The molecule has 0 fully saturated rings. The summed E-state index contributed by atoms with van der Waals surface area (Å²) in [7, 11) is 0. The summed E-state index contributed by atoms with van der Waals surface area (Å²) in [6.07, 6.45) is 1.50. The number of fused-ring (bicyclic) bond motifs is 3. The van der Waals surface area contributed by atoms with Gasteiger partial charge in [-0.1, -0.05) is 24.3 Å². The number of pyridine rings is 1. The van der Waals surface area contributed by atoms with Crippen LogP contribution in [0.1, 0.15) is 16.1 Å². The van der Waals surface area contributed by atoms with E-state index in [0.29, 0.717) is 11.1 Å². The van der Waals surface area contributed by atoms with Gasteiger partial charge in [0.1, 0.15) is 17.3 Å². The molecular formula is C19H13F2N3O2. The molecule has 0 spiro atoms. The number of benzene rings is 2. The second kappa shape index (κ2) is 6.20. The fourth-order valence-electron chi connectivity index (χ4n) is 3.12. The van der Waals surface area contributed by atoms with Crippen molar-refractivity contribution < 1.29 is 18.8 Å². The van der Waals surface area contributed by atoms with Crippen LogP contribution in [0.15, 0.2) is 54.7 Å². The SMILES string of the molecule is O=C(NO)c1cc2c3ccccc3n(Cc3ccc(F)cc3F)c2cn1. The van der Waals surface area contributed by atoms with Gasteiger partial charge < -0.3 is 4.57 Å². The van der Waals surface area contributed by atoms with Crippen LogP contribution in [0.2, 0.25) is 0 Å². The Morgan fingerprint density at radius 2 is 1.88 bits per heavy atom. The molecule has 5 nitrogen and oxygen atoms in total. The molecule has 0 atom stereocenters. The highest BCUT2D eigenvalue weighted by Gasteiger charge is 2.15. The van der Waals surface area contributed by atoms with Gasteiger partial charge in [0.2, 0.25) is 0 Å². The van der Waals surface area contributed by atoms with Crippen LogP contribution in [0.3, 0.4) is 0 Å². The molecule has 7 heteroatoms. The molecule has 4 aromatic rings. The van der Waals surface area contributed by atoms with Crippen LogP contribution in [0.25, 0.3) is 21.8 Å². The van der Waals surface area contributed by atoms with Gasteiger partial charge in [-0.25, -0.2) is 19.2 Å². The summed E-state index contributed by atoms with van der Waals surface area (Å²) in [5.41, 5.74) is 3.49. The van der Waals surface area contributed by atoms with Gasteiger partial charge in [-0.05, 0) is 18.2 Å². The highest BCUT2D eigenvalue weighted by Crippen LogP contribution is 2.30. The Kier molecular flexibility index (Phi) is 3.85. The average Bonchev–Trinajstić information content (AvgIpc) is 2.96. The van der Waals surface area contributed by atoms with Crippen LogP contribution in [-0.4, -0.2) is 20.7 Å². The summed E-state index contributed by atoms with van der Waals surface area (Å²) in [5.74, 6) is -1.97. The first-order chi connectivity index (χ1) is 12.6. The number of aromatic nitrogens is 2. The lowest BCUT2D eigenvalue weighted by molar-refractivity contribution is 0.0701. The predicted molar refractivity (Wildman–Crippen MR) is 92.0 cm³/mol. The van der Waals surface area contributed by atoms with Crippen LogP contribution < -0.4 is 5.48 Å². The first-order valence-electron chi connectivity index (χ1n) is 7.84. The number of nitrogens with one attached hydrogen (secondary N) is 1. The van der Waals surface area contributed by atoms with Gasteiger partial charge in [-0.2, -0.15) is 0 Å². The Hall–Kier alpha value is -3.32. The topological polar surface area (TPSA) is 67.2 Å². The Morgan fingerprint density at radius 1 is 1.08 bits per heavy atom. The Morgan fingerprint density at radius 3 is 2.65 bits per heavy atom. The number of carbonyl (C=O) groups is 1. The lowest BCUT2D eigenvalue weighted by Crippen LogP contribution is -2.19. The number of nitrogens with zero attached hydrogens (tertiary/aromatic N) is 2. The summed E-state index contributed by atoms with van der Waals surface area (Å²) in [6, 6.07) is 12.5. The van der Waals surface area contributed by atoms with Crippen molar-refractivity contribution in [2.24, 2.45) is 0 Å². The first-order valence-corrected chi connectivity index (χ1v) is 7.84. The van der Waals surface area contributed by atoms with Crippen molar-refractivity contribution >= 4 is 27.7 Å². The van der Waals surface area contributed by atoms with Crippen molar-refractivity contribution in [2.75, 3.05) is 0 Å². The molecule has 0 aliphatic rings. The molecule has 0 aliphatic carbocycles. The number of rotatable bonds is 3. The molecule has 4 rings (SSSR count).